The summed E-state index contributed by atoms with van der Waals surface area (Å²) >= 11 is 0. The van der Waals surface area contributed by atoms with E-state index in [0.717, 1.165) is 6.42 Å². The molecule has 3 rings (SSSR count). The zero-order valence-electron chi connectivity index (χ0n) is 11.5. The summed E-state index contributed by atoms with van der Waals surface area (Å²) in [4.78, 5) is 0. The van der Waals surface area contributed by atoms with Gasteiger partial charge in [0.1, 0.15) is 0 Å². The minimum atomic E-state index is -0.298. The van der Waals surface area contributed by atoms with Gasteiger partial charge in [-0.15, -0.1) is 0 Å². The zero-order valence-corrected chi connectivity index (χ0v) is 11.5. The first-order valence-electron chi connectivity index (χ1n) is 7.10. The first kappa shape index (κ1) is 12.4. The summed E-state index contributed by atoms with van der Waals surface area (Å²) in [5.41, 5.74) is 11.8. The fourth-order valence-electron chi connectivity index (χ4n) is 3.08. The highest BCUT2D eigenvalue weighted by atomic mass is 14.7. The van der Waals surface area contributed by atoms with Crippen molar-refractivity contribution >= 4 is 0 Å². The first-order chi connectivity index (χ1) is 9.15. The molecule has 0 aromatic heterocycles. The summed E-state index contributed by atoms with van der Waals surface area (Å²) in [6.45, 7) is 2.12. The molecular weight excluding hydrogens is 230 g/mol. The Morgan fingerprint density at radius 3 is 2.53 bits per heavy atom. The molecule has 2 N–H and O–H groups in total. The number of rotatable bonds is 3. The maximum Gasteiger partial charge on any atom is 0.0421 e. The molecule has 1 aliphatic rings. The van der Waals surface area contributed by atoms with Gasteiger partial charge in [0.05, 0.1) is 0 Å². The van der Waals surface area contributed by atoms with Gasteiger partial charge >= 0.3 is 0 Å². The molecule has 0 heterocycles. The highest BCUT2D eigenvalue weighted by Gasteiger charge is 2.22. The Hall–Kier alpha value is -1.60. The van der Waals surface area contributed by atoms with Crippen LogP contribution in [0.2, 0.25) is 0 Å². The van der Waals surface area contributed by atoms with Gasteiger partial charge in [0.25, 0.3) is 0 Å². The lowest BCUT2D eigenvalue weighted by atomic mass is 9.86. The number of hydrogen-bond donors (Lipinski definition) is 1. The van der Waals surface area contributed by atoms with Gasteiger partial charge in [-0.05, 0) is 54.9 Å². The van der Waals surface area contributed by atoms with Crippen LogP contribution in [-0.2, 0) is 24.8 Å². The van der Waals surface area contributed by atoms with E-state index in [4.69, 9.17) is 5.73 Å². The molecule has 2 aromatic rings. The molecular formula is C18H21N. The van der Waals surface area contributed by atoms with Gasteiger partial charge in [0.2, 0.25) is 0 Å². The molecule has 1 unspecified atom stereocenters. The van der Waals surface area contributed by atoms with Crippen LogP contribution in [0.5, 0.6) is 0 Å². The minimum Gasteiger partial charge on any atom is -0.321 e. The SMILES string of the molecule is CC(N)(Cc1ccc2c(c1)CCC2)c1ccccc1. The first-order valence-corrected chi connectivity index (χ1v) is 7.10. The monoisotopic (exact) mass is 251 g/mol. The predicted octanol–water partition coefficient (Wildman–Crippen LogP) is 3.59. The molecule has 0 saturated carbocycles. The van der Waals surface area contributed by atoms with Crippen LogP contribution in [0.3, 0.4) is 0 Å². The van der Waals surface area contributed by atoms with Gasteiger partial charge < -0.3 is 5.73 Å². The second kappa shape index (κ2) is 4.82. The summed E-state index contributed by atoms with van der Waals surface area (Å²) in [7, 11) is 0. The van der Waals surface area contributed by atoms with Crippen LogP contribution in [0.4, 0.5) is 0 Å². The average molecular weight is 251 g/mol. The fraction of sp³-hybridized carbons (Fsp3) is 0.333. The van der Waals surface area contributed by atoms with Crippen molar-refractivity contribution in [1.82, 2.24) is 0 Å². The van der Waals surface area contributed by atoms with Gasteiger partial charge in [-0.2, -0.15) is 0 Å². The second-order valence-corrected chi connectivity index (χ2v) is 5.92. The van der Waals surface area contributed by atoms with E-state index in [1.54, 1.807) is 0 Å². The number of aryl methyl sites for hydroxylation is 2. The van der Waals surface area contributed by atoms with Crippen molar-refractivity contribution in [3.8, 4) is 0 Å². The van der Waals surface area contributed by atoms with Gasteiger partial charge in [-0.1, -0.05) is 48.5 Å². The Bertz CT molecular complexity index is 569. The summed E-state index contributed by atoms with van der Waals surface area (Å²) in [5.74, 6) is 0. The molecule has 0 spiro atoms. The van der Waals surface area contributed by atoms with E-state index >= 15 is 0 Å². The largest absolute Gasteiger partial charge is 0.321 e. The van der Waals surface area contributed by atoms with Crippen molar-refractivity contribution < 1.29 is 0 Å². The number of hydrogen-bond acceptors (Lipinski definition) is 1. The molecule has 0 fully saturated rings. The van der Waals surface area contributed by atoms with Crippen molar-refractivity contribution in [2.45, 2.75) is 38.1 Å². The Morgan fingerprint density at radius 1 is 1.00 bits per heavy atom. The lowest BCUT2D eigenvalue weighted by molar-refractivity contribution is 0.491. The van der Waals surface area contributed by atoms with Gasteiger partial charge in [-0.3, -0.25) is 0 Å². The summed E-state index contributed by atoms with van der Waals surface area (Å²) < 4.78 is 0. The highest BCUT2D eigenvalue weighted by molar-refractivity contribution is 5.37. The number of benzene rings is 2. The van der Waals surface area contributed by atoms with Crippen LogP contribution >= 0.6 is 0 Å². The molecule has 0 aliphatic heterocycles. The maximum atomic E-state index is 6.52. The van der Waals surface area contributed by atoms with Crippen LogP contribution in [-0.4, -0.2) is 0 Å². The topological polar surface area (TPSA) is 26.0 Å². The molecule has 1 aliphatic carbocycles. The summed E-state index contributed by atoms with van der Waals surface area (Å²) in [5, 5.41) is 0. The van der Waals surface area contributed by atoms with E-state index in [9.17, 15) is 0 Å². The Morgan fingerprint density at radius 2 is 1.74 bits per heavy atom. The Labute approximate surface area is 115 Å². The van der Waals surface area contributed by atoms with Crippen molar-refractivity contribution in [3.63, 3.8) is 0 Å². The van der Waals surface area contributed by atoms with Gasteiger partial charge in [-0.25, -0.2) is 0 Å². The smallest absolute Gasteiger partial charge is 0.0421 e. The normalized spacial score (nSPS) is 16.9. The van der Waals surface area contributed by atoms with Crippen molar-refractivity contribution in [2.24, 2.45) is 5.73 Å². The molecule has 0 bridgehead atoms. The third-order valence-corrected chi connectivity index (χ3v) is 4.17. The van der Waals surface area contributed by atoms with E-state index < -0.39 is 0 Å². The quantitative estimate of drug-likeness (QED) is 0.886. The lowest BCUT2D eigenvalue weighted by Gasteiger charge is -2.25. The van der Waals surface area contributed by atoms with Crippen molar-refractivity contribution in [3.05, 3.63) is 70.8 Å². The number of fused-ring (bicyclic) bond motifs is 1. The van der Waals surface area contributed by atoms with E-state index in [1.807, 2.05) is 6.07 Å². The highest BCUT2D eigenvalue weighted by Crippen LogP contribution is 2.27. The van der Waals surface area contributed by atoms with Crippen molar-refractivity contribution in [1.29, 1.82) is 0 Å². The molecule has 2 aromatic carbocycles. The fourth-order valence-corrected chi connectivity index (χ4v) is 3.08. The van der Waals surface area contributed by atoms with E-state index in [1.165, 1.54) is 41.5 Å². The Kier molecular flexibility index (Phi) is 3.16. The minimum absolute atomic E-state index is 0.298. The molecule has 0 radical (unpaired) electrons. The van der Waals surface area contributed by atoms with E-state index in [-0.39, 0.29) is 5.54 Å². The third kappa shape index (κ3) is 2.57. The summed E-state index contributed by atoms with van der Waals surface area (Å²) in [6.07, 6.45) is 4.67. The van der Waals surface area contributed by atoms with Crippen LogP contribution in [0.25, 0.3) is 0 Å². The molecule has 0 amide bonds. The predicted molar refractivity (Wildman–Crippen MR) is 80.2 cm³/mol. The molecule has 1 nitrogen and oxygen atoms in total. The number of nitrogens with two attached hydrogens (primary N) is 1. The Balaban J connectivity index is 1.85. The maximum absolute atomic E-state index is 6.52. The molecule has 0 saturated heterocycles. The molecule has 19 heavy (non-hydrogen) atoms. The van der Waals surface area contributed by atoms with E-state index in [2.05, 4.69) is 49.4 Å². The average Bonchev–Trinajstić information content (AvgIpc) is 2.87. The van der Waals surface area contributed by atoms with E-state index in [0.29, 0.717) is 0 Å². The second-order valence-electron chi connectivity index (χ2n) is 5.92. The van der Waals surface area contributed by atoms with Crippen LogP contribution in [0.15, 0.2) is 48.5 Å². The third-order valence-electron chi connectivity index (χ3n) is 4.17. The zero-order chi connectivity index (χ0) is 13.3. The van der Waals surface area contributed by atoms with Crippen molar-refractivity contribution in [2.75, 3.05) is 0 Å². The van der Waals surface area contributed by atoms with Gasteiger partial charge in [0.15, 0.2) is 0 Å². The van der Waals surface area contributed by atoms with Gasteiger partial charge in [0, 0.05) is 5.54 Å². The van der Waals surface area contributed by atoms with Crippen LogP contribution < -0.4 is 5.73 Å². The summed E-state index contributed by atoms with van der Waals surface area (Å²) in [6, 6.07) is 17.3. The van der Waals surface area contributed by atoms with Crippen LogP contribution in [0, 0.1) is 0 Å². The molecule has 1 heteroatoms. The molecule has 1 atom stereocenters. The lowest BCUT2D eigenvalue weighted by Crippen LogP contribution is -2.35. The standard InChI is InChI=1S/C18H21N/c1-18(19,17-8-3-2-4-9-17)13-14-10-11-15-6-5-7-16(15)12-14/h2-4,8-12H,5-7,13,19H2,1H3. The molecule has 98 valence electrons. The van der Waals surface area contributed by atoms with Crippen LogP contribution in [0.1, 0.15) is 35.6 Å².